The number of carbonyl (C=O) groups excluding carboxylic acids is 2. The summed E-state index contributed by atoms with van der Waals surface area (Å²) in [4.78, 5) is 24.2. The van der Waals surface area contributed by atoms with Gasteiger partial charge in [-0.25, -0.2) is 18.4 Å². The van der Waals surface area contributed by atoms with Crippen molar-refractivity contribution in [1.82, 2.24) is 0 Å². The molecule has 3 rings (SSSR count). The zero-order chi connectivity index (χ0) is 18.7. The lowest BCUT2D eigenvalue weighted by molar-refractivity contribution is 0.0432. The van der Waals surface area contributed by atoms with Crippen LogP contribution in [-0.4, -0.2) is 18.5 Å². The zero-order valence-electron chi connectivity index (χ0n) is 13.8. The molecule has 0 N–H and O–H groups in total. The molecule has 0 bridgehead atoms. The van der Waals surface area contributed by atoms with Crippen molar-refractivity contribution in [3.63, 3.8) is 0 Å². The molecule has 0 aliphatic carbocycles. The topological polar surface area (TPSA) is 65.7 Å². The Balaban J connectivity index is 1.89. The molecule has 0 aliphatic rings. The average Bonchev–Trinajstić information content (AvgIpc) is 2.98. The van der Waals surface area contributed by atoms with Gasteiger partial charge in [0.25, 0.3) is 0 Å². The first kappa shape index (κ1) is 17.6. The Morgan fingerprint density at radius 1 is 1.04 bits per heavy atom. The average molecular weight is 360 g/mol. The Morgan fingerprint density at radius 2 is 1.81 bits per heavy atom. The van der Waals surface area contributed by atoms with Gasteiger partial charge in [-0.2, -0.15) is 0 Å². The number of hydrogen-bond donors (Lipinski definition) is 0. The van der Waals surface area contributed by atoms with E-state index in [4.69, 9.17) is 13.9 Å². The molecule has 0 unspecified atom stereocenters. The van der Waals surface area contributed by atoms with Gasteiger partial charge in [-0.15, -0.1) is 0 Å². The van der Waals surface area contributed by atoms with Gasteiger partial charge in [0.1, 0.15) is 23.8 Å². The van der Waals surface area contributed by atoms with Crippen molar-refractivity contribution < 1.29 is 32.3 Å². The van der Waals surface area contributed by atoms with Crippen LogP contribution in [0.4, 0.5) is 8.78 Å². The maximum atomic E-state index is 13.7. The summed E-state index contributed by atoms with van der Waals surface area (Å²) in [6.45, 7) is 1.47. The third-order valence-electron chi connectivity index (χ3n) is 3.66. The van der Waals surface area contributed by atoms with E-state index < -0.39 is 29.1 Å². The second kappa shape index (κ2) is 7.35. The number of esters is 2. The van der Waals surface area contributed by atoms with Crippen LogP contribution in [0.5, 0.6) is 0 Å². The molecule has 0 aliphatic heterocycles. The van der Waals surface area contributed by atoms with Gasteiger partial charge in [0, 0.05) is 11.5 Å². The van der Waals surface area contributed by atoms with Crippen molar-refractivity contribution in [3.8, 4) is 0 Å². The van der Waals surface area contributed by atoms with E-state index in [9.17, 15) is 18.4 Å². The Kier molecular flexibility index (Phi) is 4.97. The first-order valence-electron chi connectivity index (χ1n) is 7.81. The zero-order valence-corrected chi connectivity index (χ0v) is 13.8. The minimum Gasteiger partial charge on any atom is -0.460 e. The molecule has 3 aromatic rings. The predicted molar refractivity (Wildman–Crippen MR) is 87.6 cm³/mol. The molecule has 26 heavy (non-hydrogen) atoms. The molecule has 0 saturated heterocycles. The summed E-state index contributed by atoms with van der Waals surface area (Å²) in [7, 11) is 0. The highest BCUT2D eigenvalue weighted by Gasteiger charge is 2.23. The van der Waals surface area contributed by atoms with Gasteiger partial charge in [0.05, 0.1) is 17.7 Å². The van der Waals surface area contributed by atoms with Crippen LogP contribution in [0.3, 0.4) is 0 Å². The van der Waals surface area contributed by atoms with Crippen molar-refractivity contribution in [2.45, 2.75) is 13.5 Å². The number of para-hydroxylation sites is 1. The number of fused-ring (bicyclic) bond motifs is 1. The maximum absolute atomic E-state index is 13.7. The lowest BCUT2D eigenvalue weighted by atomic mass is 10.1. The Bertz CT molecular complexity index is 977. The summed E-state index contributed by atoms with van der Waals surface area (Å²) in [6.07, 6.45) is 0. The van der Waals surface area contributed by atoms with E-state index in [0.29, 0.717) is 22.6 Å². The van der Waals surface area contributed by atoms with E-state index in [1.165, 1.54) is 0 Å². The van der Waals surface area contributed by atoms with Gasteiger partial charge in [-0.05, 0) is 25.1 Å². The first-order valence-corrected chi connectivity index (χ1v) is 7.81. The summed E-state index contributed by atoms with van der Waals surface area (Å²) in [6, 6.07) is 9.35. The fourth-order valence-electron chi connectivity index (χ4n) is 2.47. The fraction of sp³-hybridized carbons (Fsp3) is 0.158. The number of carbonyl (C=O) groups is 2. The first-order chi connectivity index (χ1) is 12.5. The quantitative estimate of drug-likeness (QED) is 0.637. The molecule has 0 fully saturated rings. The molecule has 2 aromatic carbocycles. The van der Waals surface area contributed by atoms with Crippen LogP contribution < -0.4 is 0 Å². The largest absolute Gasteiger partial charge is 0.460 e. The highest BCUT2D eigenvalue weighted by Crippen LogP contribution is 2.27. The van der Waals surface area contributed by atoms with Crippen LogP contribution >= 0.6 is 0 Å². The predicted octanol–water partition coefficient (Wildman–Crippen LogP) is 4.24. The normalized spacial score (nSPS) is 10.7. The molecule has 5 nitrogen and oxygen atoms in total. The molecule has 0 radical (unpaired) electrons. The van der Waals surface area contributed by atoms with Crippen molar-refractivity contribution in [1.29, 1.82) is 0 Å². The standard InChI is InChI=1S/C19H14F2O5/c1-2-24-19(23)17-14(12-5-3-4-6-16(12)26-17)10-25-18(22)13-8-7-11(20)9-15(13)21/h3-9H,2,10H2,1H3. The molecular formula is C19H14F2O5. The summed E-state index contributed by atoms with van der Waals surface area (Å²) in [5.74, 6) is -3.59. The Hall–Kier alpha value is -3.22. The van der Waals surface area contributed by atoms with E-state index >= 15 is 0 Å². The molecule has 0 atom stereocenters. The second-order valence-corrected chi connectivity index (χ2v) is 5.33. The molecule has 7 heteroatoms. The van der Waals surface area contributed by atoms with Crippen molar-refractivity contribution >= 4 is 22.9 Å². The minimum absolute atomic E-state index is 0.0829. The van der Waals surface area contributed by atoms with Gasteiger partial charge in [-0.1, -0.05) is 18.2 Å². The second-order valence-electron chi connectivity index (χ2n) is 5.33. The smallest absolute Gasteiger partial charge is 0.374 e. The van der Waals surface area contributed by atoms with E-state index in [-0.39, 0.29) is 19.0 Å². The van der Waals surface area contributed by atoms with Gasteiger partial charge in [0.15, 0.2) is 0 Å². The van der Waals surface area contributed by atoms with Gasteiger partial charge in [-0.3, -0.25) is 0 Å². The number of ether oxygens (including phenoxy) is 2. The van der Waals surface area contributed by atoms with Crippen molar-refractivity contribution in [2.75, 3.05) is 6.61 Å². The molecular weight excluding hydrogens is 346 g/mol. The molecule has 0 amide bonds. The summed E-state index contributed by atoms with van der Waals surface area (Å²) >= 11 is 0. The third kappa shape index (κ3) is 3.42. The molecule has 1 aromatic heterocycles. The van der Waals surface area contributed by atoms with Crippen molar-refractivity contribution in [2.24, 2.45) is 0 Å². The number of halogens is 2. The van der Waals surface area contributed by atoms with Crippen LogP contribution in [0.2, 0.25) is 0 Å². The number of furan rings is 1. The van der Waals surface area contributed by atoms with E-state index in [2.05, 4.69) is 0 Å². The fourth-order valence-corrected chi connectivity index (χ4v) is 2.47. The molecule has 1 heterocycles. The molecule has 0 spiro atoms. The number of benzene rings is 2. The Morgan fingerprint density at radius 3 is 2.54 bits per heavy atom. The van der Waals surface area contributed by atoms with Crippen LogP contribution in [0, 0.1) is 11.6 Å². The van der Waals surface area contributed by atoms with E-state index in [0.717, 1.165) is 12.1 Å². The highest BCUT2D eigenvalue weighted by molar-refractivity contribution is 5.96. The lowest BCUT2D eigenvalue weighted by Gasteiger charge is -2.06. The van der Waals surface area contributed by atoms with Gasteiger partial charge < -0.3 is 13.9 Å². The van der Waals surface area contributed by atoms with E-state index in [1.807, 2.05) is 0 Å². The summed E-state index contributed by atoms with van der Waals surface area (Å²) in [5, 5.41) is 0.572. The summed E-state index contributed by atoms with van der Waals surface area (Å²) < 4.78 is 42.2. The van der Waals surface area contributed by atoms with Crippen LogP contribution in [-0.2, 0) is 16.1 Å². The van der Waals surface area contributed by atoms with Crippen LogP contribution in [0.25, 0.3) is 11.0 Å². The Labute approximate surface area is 147 Å². The van der Waals surface area contributed by atoms with E-state index in [1.54, 1.807) is 31.2 Å². The van der Waals surface area contributed by atoms with Crippen LogP contribution in [0.1, 0.15) is 33.4 Å². The number of hydrogen-bond acceptors (Lipinski definition) is 5. The SMILES string of the molecule is CCOC(=O)c1oc2ccccc2c1COC(=O)c1ccc(F)cc1F. The van der Waals surface area contributed by atoms with Gasteiger partial charge >= 0.3 is 11.9 Å². The lowest BCUT2D eigenvalue weighted by Crippen LogP contribution is -2.11. The summed E-state index contributed by atoms with van der Waals surface area (Å²) in [5.41, 5.74) is 0.335. The molecule has 0 saturated carbocycles. The maximum Gasteiger partial charge on any atom is 0.374 e. The van der Waals surface area contributed by atoms with Gasteiger partial charge in [0.2, 0.25) is 5.76 Å². The minimum atomic E-state index is -1.03. The number of rotatable bonds is 5. The molecule has 134 valence electrons. The van der Waals surface area contributed by atoms with Crippen LogP contribution in [0.15, 0.2) is 46.9 Å². The van der Waals surface area contributed by atoms with Crippen molar-refractivity contribution in [3.05, 3.63) is 71.0 Å². The third-order valence-corrected chi connectivity index (χ3v) is 3.66. The highest BCUT2D eigenvalue weighted by atomic mass is 19.1. The monoisotopic (exact) mass is 360 g/mol.